The third kappa shape index (κ3) is 4.33. The number of nitrogens with zero attached hydrogens (tertiary/aromatic N) is 3. The molecule has 1 amide bonds. The number of benzene rings is 1. The molecule has 0 saturated carbocycles. The van der Waals surface area contributed by atoms with Crippen LogP contribution in [0.15, 0.2) is 22.9 Å². The Morgan fingerprint density at radius 1 is 1.26 bits per heavy atom. The highest BCUT2D eigenvalue weighted by atomic mass is 16.5. The summed E-state index contributed by atoms with van der Waals surface area (Å²) in [5.74, 6) is 1.18. The fourth-order valence-corrected chi connectivity index (χ4v) is 4.73. The number of carbonyl (C=O) groups is 1. The van der Waals surface area contributed by atoms with Crippen LogP contribution in [0.2, 0.25) is 0 Å². The fraction of sp³-hybridized carbons (Fsp3) is 0.480. The number of rotatable bonds is 7. The Kier molecular flexibility index (Phi) is 7.04. The van der Waals surface area contributed by atoms with Gasteiger partial charge in [0, 0.05) is 37.2 Å². The SMILES string of the molecule is COC[C@@H](C)N(C(=O)C1CCOCC1)c1c(N)cnc2cc(-c3c(C)noc3C)c(OC)cc12. The van der Waals surface area contributed by atoms with Crippen molar-refractivity contribution in [3.05, 3.63) is 29.8 Å². The molecule has 0 unspecified atom stereocenters. The molecule has 0 radical (unpaired) electrons. The second-order valence-electron chi connectivity index (χ2n) is 8.73. The zero-order valence-electron chi connectivity index (χ0n) is 20.4. The molecule has 182 valence electrons. The Bertz CT molecular complexity index is 1170. The Morgan fingerprint density at radius 2 is 2.00 bits per heavy atom. The number of anilines is 2. The van der Waals surface area contributed by atoms with Crippen molar-refractivity contribution in [2.75, 3.05) is 44.7 Å². The van der Waals surface area contributed by atoms with Crippen molar-refractivity contribution < 1.29 is 23.5 Å². The summed E-state index contributed by atoms with van der Waals surface area (Å²) in [5, 5.41) is 4.81. The quantitative estimate of drug-likeness (QED) is 0.556. The third-order valence-electron chi connectivity index (χ3n) is 6.39. The predicted molar refractivity (Wildman–Crippen MR) is 130 cm³/mol. The summed E-state index contributed by atoms with van der Waals surface area (Å²) < 4.78 is 22.0. The Hall–Kier alpha value is -3.17. The van der Waals surface area contributed by atoms with Crippen LogP contribution in [0.3, 0.4) is 0 Å². The molecular formula is C25H32N4O5. The predicted octanol–water partition coefficient (Wildman–Crippen LogP) is 3.89. The van der Waals surface area contributed by atoms with Gasteiger partial charge in [-0.1, -0.05) is 5.16 Å². The van der Waals surface area contributed by atoms with Crippen molar-refractivity contribution in [2.45, 2.75) is 39.7 Å². The molecule has 9 nitrogen and oxygen atoms in total. The van der Waals surface area contributed by atoms with E-state index >= 15 is 0 Å². The van der Waals surface area contributed by atoms with Crippen LogP contribution in [-0.4, -0.2) is 56.1 Å². The van der Waals surface area contributed by atoms with Gasteiger partial charge in [0.25, 0.3) is 0 Å². The molecule has 3 aromatic rings. The van der Waals surface area contributed by atoms with Gasteiger partial charge in [0.2, 0.25) is 5.91 Å². The zero-order valence-corrected chi connectivity index (χ0v) is 20.4. The van der Waals surface area contributed by atoms with Gasteiger partial charge in [-0.3, -0.25) is 9.78 Å². The number of aromatic nitrogens is 2. The van der Waals surface area contributed by atoms with Gasteiger partial charge in [0.15, 0.2) is 0 Å². The molecule has 2 N–H and O–H groups in total. The minimum Gasteiger partial charge on any atom is -0.496 e. The van der Waals surface area contributed by atoms with E-state index in [1.165, 1.54) is 0 Å². The Balaban J connectivity index is 1.91. The van der Waals surface area contributed by atoms with Gasteiger partial charge in [0.1, 0.15) is 11.5 Å². The van der Waals surface area contributed by atoms with Crippen molar-refractivity contribution in [3.8, 4) is 16.9 Å². The summed E-state index contributed by atoms with van der Waals surface area (Å²) >= 11 is 0. The Labute approximate surface area is 199 Å². The standard InChI is InChI=1S/C25H32N4O5/c1-14(13-31-4)29(25(30)17-6-8-33-9-7-17)24-18-11-22(32-5)19(10-21(18)27-12-20(24)26)23-15(2)28-34-16(23)3/h10-12,14,17H,6-9,13,26H2,1-5H3/t14-/m1/s1. The number of ether oxygens (including phenoxy) is 3. The van der Waals surface area contributed by atoms with Crippen LogP contribution in [0.1, 0.15) is 31.2 Å². The maximum absolute atomic E-state index is 13.8. The van der Waals surface area contributed by atoms with Crippen LogP contribution >= 0.6 is 0 Å². The summed E-state index contributed by atoms with van der Waals surface area (Å²) in [6.07, 6.45) is 2.96. The molecule has 3 heterocycles. The van der Waals surface area contributed by atoms with Crippen molar-refractivity contribution in [1.82, 2.24) is 10.1 Å². The van der Waals surface area contributed by atoms with E-state index in [1.54, 1.807) is 25.3 Å². The first kappa shape index (κ1) is 24.0. The molecule has 1 aliphatic rings. The Morgan fingerprint density at radius 3 is 2.62 bits per heavy atom. The number of nitrogen functional groups attached to an aromatic ring is 1. The van der Waals surface area contributed by atoms with Crippen molar-refractivity contribution in [2.24, 2.45) is 5.92 Å². The van der Waals surface area contributed by atoms with Gasteiger partial charge < -0.3 is 29.4 Å². The number of fused-ring (bicyclic) bond motifs is 1. The lowest BCUT2D eigenvalue weighted by Crippen LogP contribution is -2.46. The van der Waals surface area contributed by atoms with Crippen LogP contribution in [0.25, 0.3) is 22.0 Å². The van der Waals surface area contributed by atoms with Crippen molar-refractivity contribution in [3.63, 3.8) is 0 Å². The molecule has 9 heteroatoms. The third-order valence-corrected chi connectivity index (χ3v) is 6.39. The first-order valence-corrected chi connectivity index (χ1v) is 11.5. The number of amides is 1. The average Bonchev–Trinajstić information content (AvgIpc) is 3.18. The molecular weight excluding hydrogens is 436 g/mol. The van der Waals surface area contributed by atoms with E-state index in [0.29, 0.717) is 61.1 Å². The highest BCUT2D eigenvalue weighted by Gasteiger charge is 2.33. The van der Waals surface area contributed by atoms with Gasteiger partial charge in [-0.05, 0) is 45.7 Å². The minimum atomic E-state index is -0.235. The normalized spacial score (nSPS) is 15.4. The van der Waals surface area contributed by atoms with Crippen LogP contribution in [0.4, 0.5) is 11.4 Å². The second-order valence-corrected chi connectivity index (χ2v) is 8.73. The molecule has 2 aromatic heterocycles. The molecule has 34 heavy (non-hydrogen) atoms. The molecule has 1 fully saturated rings. The first-order valence-electron chi connectivity index (χ1n) is 11.5. The van der Waals surface area contributed by atoms with E-state index in [0.717, 1.165) is 22.2 Å². The van der Waals surface area contributed by atoms with Gasteiger partial charge >= 0.3 is 0 Å². The van der Waals surface area contributed by atoms with Gasteiger partial charge in [-0.2, -0.15) is 0 Å². The summed E-state index contributed by atoms with van der Waals surface area (Å²) in [7, 11) is 3.24. The number of hydrogen-bond donors (Lipinski definition) is 1. The van der Waals surface area contributed by atoms with E-state index in [9.17, 15) is 4.79 Å². The second kappa shape index (κ2) is 9.99. The molecule has 1 atom stereocenters. The smallest absolute Gasteiger partial charge is 0.230 e. The highest BCUT2D eigenvalue weighted by molar-refractivity contribution is 6.09. The maximum atomic E-state index is 13.8. The number of pyridine rings is 1. The van der Waals surface area contributed by atoms with E-state index in [1.807, 2.05) is 32.9 Å². The van der Waals surface area contributed by atoms with Gasteiger partial charge in [0.05, 0.1) is 54.1 Å². The van der Waals surface area contributed by atoms with Crippen molar-refractivity contribution in [1.29, 1.82) is 0 Å². The van der Waals surface area contributed by atoms with Crippen LogP contribution in [-0.2, 0) is 14.3 Å². The largest absolute Gasteiger partial charge is 0.496 e. The van der Waals surface area contributed by atoms with E-state index in [-0.39, 0.29) is 17.9 Å². The van der Waals surface area contributed by atoms with Crippen LogP contribution < -0.4 is 15.4 Å². The highest BCUT2D eigenvalue weighted by Crippen LogP contribution is 2.42. The molecule has 0 spiro atoms. The molecule has 1 aliphatic heterocycles. The lowest BCUT2D eigenvalue weighted by molar-refractivity contribution is -0.125. The first-order chi connectivity index (χ1) is 16.4. The van der Waals surface area contributed by atoms with E-state index in [2.05, 4.69) is 10.1 Å². The molecule has 1 aromatic carbocycles. The number of methoxy groups -OCH3 is 2. The summed E-state index contributed by atoms with van der Waals surface area (Å²) in [4.78, 5) is 20.2. The van der Waals surface area contributed by atoms with Gasteiger partial charge in [-0.15, -0.1) is 0 Å². The van der Waals surface area contributed by atoms with E-state index in [4.69, 9.17) is 24.5 Å². The number of carbonyl (C=O) groups excluding carboxylic acids is 1. The maximum Gasteiger partial charge on any atom is 0.230 e. The minimum absolute atomic E-state index is 0.0146. The molecule has 1 saturated heterocycles. The van der Waals surface area contributed by atoms with Crippen LogP contribution in [0, 0.1) is 19.8 Å². The number of hydrogen-bond acceptors (Lipinski definition) is 8. The van der Waals surface area contributed by atoms with E-state index < -0.39 is 0 Å². The molecule has 4 rings (SSSR count). The van der Waals surface area contributed by atoms with Crippen molar-refractivity contribution >= 4 is 28.2 Å². The fourth-order valence-electron chi connectivity index (χ4n) is 4.73. The topological polar surface area (TPSA) is 113 Å². The summed E-state index contributed by atoms with van der Waals surface area (Å²) in [6, 6.07) is 3.59. The average molecular weight is 469 g/mol. The van der Waals surface area contributed by atoms with Crippen LogP contribution in [0.5, 0.6) is 5.75 Å². The monoisotopic (exact) mass is 468 g/mol. The molecule has 0 bridgehead atoms. The lowest BCUT2D eigenvalue weighted by Gasteiger charge is -2.35. The number of aryl methyl sites for hydroxylation is 2. The zero-order chi connectivity index (χ0) is 24.4. The lowest BCUT2D eigenvalue weighted by atomic mass is 9.96. The summed E-state index contributed by atoms with van der Waals surface area (Å²) in [5.41, 5.74) is 10.6. The van der Waals surface area contributed by atoms with Gasteiger partial charge in [-0.25, -0.2) is 0 Å². The summed E-state index contributed by atoms with van der Waals surface area (Å²) in [6.45, 7) is 7.22. The molecule has 0 aliphatic carbocycles. The number of nitrogens with two attached hydrogens (primary N) is 1.